The predicted octanol–water partition coefficient (Wildman–Crippen LogP) is 4.23. The van der Waals surface area contributed by atoms with Crippen molar-refractivity contribution >= 4 is 0 Å². The average Bonchev–Trinajstić information content (AvgIpc) is 2.32. The Labute approximate surface area is 106 Å². The van der Waals surface area contributed by atoms with E-state index in [2.05, 4.69) is 38.1 Å². The summed E-state index contributed by atoms with van der Waals surface area (Å²) in [5, 5.41) is 0. The molecule has 0 saturated heterocycles. The molecule has 0 saturated carbocycles. The van der Waals surface area contributed by atoms with Gasteiger partial charge in [-0.25, -0.2) is 0 Å². The van der Waals surface area contributed by atoms with Crippen LogP contribution in [0.1, 0.15) is 56.6 Å². The fraction of sp³-hybridized carbons (Fsp3) is 0.625. The van der Waals surface area contributed by atoms with Crippen LogP contribution in [-0.4, -0.2) is 6.04 Å². The maximum Gasteiger partial charge on any atom is 0.00793 e. The number of hydrogen-bond donors (Lipinski definition) is 1. The summed E-state index contributed by atoms with van der Waals surface area (Å²) in [5.74, 6) is 0. The quantitative estimate of drug-likeness (QED) is 0.668. The molecule has 1 nitrogen and oxygen atoms in total. The Balaban J connectivity index is 2.16. The van der Waals surface area contributed by atoms with Gasteiger partial charge in [-0.05, 0) is 25.3 Å². The Morgan fingerprint density at radius 3 is 2.29 bits per heavy atom. The monoisotopic (exact) mass is 233 g/mol. The Morgan fingerprint density at radius 2 is 1.65 bits per heavy atom. The van der Waals surface area contributed by atoms with E-state index in [0.717, 1.165) is 12.8 Å². The van der Waals surface area contributed by atoms with Gasteiger partial charge in [-0.2, -0.15) is 0 Å². The van der Waals surface area contributed by atoms with Crippen LogP contribution in [0.15, 0.2) is 24.3 Å². The molecule has 96 valence electrons. The summed E-state index contributed by atoms with van der Waals surface area (Å²) < 4.78 is 0. The molecule has 1 aromatic carbocycles. The Kier molecular flexibility index (Phi) is 6.95. The fourth-order valence-electron chi connectivity index (χ4n) is 2.14. The zero-order valence-corrected chi connectivity index (χ0v) is 11.4. The third-order valence-electron chi connectivity index (χ3n) is 3.30. The lowest BCUT2D eigenvalue weighted by atomic mass is 10.00. The van der Waals surface area contributed by atoms with Crippen LogP contribution in [0.2, 0.25) is 0 Å². The smallest absolute Gasteiger partial charge is 0.00793 e. The lowest BCUT2D eigenvalue weighted by molar-refractivity contribution is 0.538. The van der Waals surface area contributed by atoms with Gasteiger partial charge in [0.2, 0.25) is 0 Å². The van der Waals surface area contributed by atoms with Gasteiger partial charge in [-0.1, -0.05) is 68.9 Å². The average molecular weight is 233 g/mol. The molecule has 0 fully saturated rings. The molecule has 0 aromatic heterocycles. The second-order valence-electron chi connectivity index (χ2n) is 5.15. The van der Waals surface area contributed by atoms with Crippen LogP contribution in [-0.2, 0) is 6.42 Å². The van der Waals surface area contributed by atoms with E-state index in [1.807, 2.05) is 0 Å². The first kappa shape index (κ1) is 14.2. The first-order valence-electron chi connectivity index (χ1n) is 7.03. The van der Waals surface area contributed by atoms with Gasteiger partial charge in [-0.15, -0.1) is 0 Å². The van der Waals surface area contributed by atoms with Gasteiger partial charge in [0.25, 0.3) is 0 Å². The molecule has 0 radical (unpaired) electrons. The van der Waals surface area contributed by atoms with Gasteiger partial charge in [0.05, 0.1) is 0 Å². The van der Waals surface area contributed by atoms with E-state index in [9.17, 15) is 0 Å². The highest BCUT2D eigenvalue weighted by Crippen LogP contribution is 2.10. The molecule has 1 rings (SSSR count). The number of hydrogen-bond acceptors (Lipinski definition) is 1. The largest absolute Gasteiger partial charge is 0.327 e. The molecule has 1 heteroatoms. The summed E-state index contributed by atoms with van der Waals surface area (Å²) in [7, 11) is 0. The number of rotatable bonds is 8. The molecule has 1 aromatic rings. The highest BCUT2D eigenvalue weighted by atomic mass is 14.6. The fourth-order valence-corrected chi connectivity index (χ4v) is 2.14. The Bertz CT molecular complexity index is 289. The van der Waals surface area contributed by atoms with Gasteiger partial charge in [-0.3, -0.25) is 0 Å². The van der Waals surface area contributed by atoms with E-state index in [-0.39, 0.29) is 0 Å². The lowest BCUT2D eigenvalue weighted by Crippen LogP contribution is -2.22. The molecule has 0 amide bonds. The highest BCUT2D eigenvalue weighted by molar-refractivity contribution is 5.21. The molecule has 1 atom stereocenters. The minimum absolute atomic E-state index is 0.333. The minimum Gasteiger partial charge on any atom is -0.327 e. The molecule has 0 aliphatic rings. The van der Waals surface area contributed by atoms with Gasteiger partial charge in [0.1, 0.15) is 0 Å². The van der Waals surface area contributed by atoms with Crippen LogP contribution >= 0.6 is 0 Å². The molecule has 1 unspecified atom stereocenters. The van der Waals surface area contributed by atoms with Crippen molar-refractivity contribution in [3.63, 3.8) is 0 Å². The summed E-state index contributed by atoms with van der Waals surface area (Å²) in [6, 6.07) is 9.07. The molecule has 0 spiro atoms. The molecule has 2 N–H and O–H groups in total. The first-order valence-corrected chi connectivity index (χ1v) is 7.03. The van der Waals surface area contributed by atoms with Crippen LogP contribution in [0.25, 0.3) is 0 Å². The van der Waals surface area contributed by atoms with Crippen molar-refractivity contribution in [1.82, 2.24) is 0 Å². The van der Waals surface area contributed by atoms with E-state index >= 15 is 0 Å². The van der Waals surface area contributed by atoms with Crippen molar-refractivity contribution in [2.24, 2.45) is 5.73 Å². The van der Waals surface area contributed by atoms with Crippen LogP contribution in [0.4, 0.5) is 0 Å². The van der Waals surface area contributed by atoms with Crippen LogP contribution in [0, 0.1) is 6.92 Å². The maximum atomic E-state index is 6.16. The molecule has 0 aliphatic carbocycles. The molecular formula is C16H27N. The number of aryl methyl sites for hydroxylation is 1. The molecular weight excluding hydrogens is 206 g/mol. The van der Waals surface area contributed by atoms with Crippen molar-refractivity contribution in [2.75, 3.05) is 0 Å². The SMILES string of the molecule is CCCCCCCC(N)Cc1ccc(C)cc1. The zero-order valence-electron chi connectivity index (χ0n) is 11.4. The first-order chi connectivity index (χ1) is 8.22. The highest BCUT2D eigenvalue weighted by Gasteiger charge is 2.03. The van der Waals surface area contributed by atoms with E-state index in [1.54, 1.807) is 0 Å². The third-order valence-corrected chi connectivity index (χ3v) is 3.30. The van der Waals surface area contributed by atoms with Crippen molar-refractivity contribution in [3.8, 4) is 0 Å². The molecule has 0 heterocycles. The Hall–Kier alpha value is -0.820. The van der Waals surface area contributed by atoms with E-state index in [0.29, 0.717) is 6.04 Å². The number of nitrogens with two attached hydrogens (primary N) is 1. The summed E-state index contributed by atoms with van der Waals surface area (Å²) in [4.78, 5) is 0. The van der Waals surface area contributed by atoms with Gasteiger partial charge in [0.15, 0.2) is 0 Å². The standard InChI is InChI=1S/C16H27N/c1-3-4-5-6-7-8-16(17)13-15-11-9-14(2)10-12-15/h9-12,16H,3-8,13,17H2,1-2H3. The van der Waals surface area contributed by atoms with Crippen molar-refractivity contribution in [1.29, 1.82) is 0 Å². The molecule has 17 heavy (non-hydrogen) atoms. The topological polar surface area (TPSA) is 26.0 Å². The second kappa shape index (κ2) is 8.30. The number of unbranched alkanes of at least 4 members (excludes halogenated alkanes) is 4. The van der Waals surface area contributed by atoms with Gasteiger partial charge < -0.3 is 5.73 Å². The Morgan fingerprint density at radius 1 is 1.00 bits per heavy atom. The van der Waals surface area contributed by atoms with E-state index < -0.39 is 0 Å². The summed E-state index contributed by atoms with van der Waals surface area (Å²) in [6.07, 6.45) is 8.87. The molecule has 0 bridgehead atoms. The summed E-state index contributed by atoms with van der Waals surface area (Å²) in [6.45, 7) is 4.38. The van der Waals surface area contributed by atoms with Crippen molar-refractivity contribution in [3.05, 3.63) is 35.4 Å². The van der Waals surface area contributed by atoms with Crippen molar-refractivity contribution < 1.29 is 0 Å². The van der Waals surface area contributed by atoms with Gasteiger partial charge in [0, 0.05) is 6.04 Å². The zero-order chi connectivity index (χ0) is 12.5. The normalized spacial score (nSPS) is 12.6. The van der Waals surface area contributed by atoms with Crippen LogP contribution < -0.4 is 5.73 Å². The maximum absolute atomic E-state index is 6.16. The predicted molar refractivity (Wildman–Crippen MR) is 76.2 cm³/mol. The molecule has 0 aliphatic heterocycles. The third kappa shape index (κ3) is 6.48. The number of benzene rings is 1. The van der Waals surface area contributed by atoms with Crippen LogP contribution in [0.5, 0.6) is 0 Å². The lowest BCUT2D eigenvalue weighted by Gasteiger charge is -2.11. The van der Waals surface area contributed by atoms with Gasteiger partial charge >= 0.3 is 0 Å². The summed E-state index contributed by atoms with van der Waals surface area (Å²) >= 11 is 0. The summed E-state index contributed by atoms with van der Waals surface area (Å²) in [5.41, 5.74) is 8.85. The van der Waals surface area contributed by atoms with E-state index in [1.165, 1.54) is 43.2 Å². The van der Waals surface area contributed by atoms with Crippen LogP contribution in [0.3, 0.4) is 0 Å². The minimum atomic E-state index is 0.333. The second-order valence-corrected chi connectivity index (χ2v) is 5.15. The van der Waals surface area contributed by atoms with E-state index in [4.69, 9.17) is 5.73 Å². The van der Waals surface area contributed by atoms with Crippen molar-refractivity contribution in [2.45, 2.75) is 64.8 Å².